The van der Waals surface area contributed by atoms with Crippen molar-refractivity contribution in [3.05, 3.63) is 59.7 Å². The van der Waals surface area contributed by atoms with Gasteiger partial charge < -0.3 is 9.84 Å². The van der Waals surface area contributed by atoms with E-state index < -0.39 is 18.1 Å². The van der Waals surface area contributed by atoms with Crippen LogP contribution in [0.2, 0.25) is 0 Å². The van der Waals surface area contributed by atoms with Crippen molar-refractivity contribution in [3.63, 3.8) is 0 Å². The summed E-state index contributed by atoms with van der Waals surface area (Å²) in [6.45, 7) is 4.30. The van der Waals surface area contributed by atoms with Crippen LogP contribution in [0, 0.1) is 5.92 Å². The lowest BCUT2D eigenvalue weighted by atomic mass is 9.98. The number of carboxylic acids is 1. The van der Waals surface area contributed by atoms with Gasteiger partial charge in [-0.25, -0.2) is 9.59 Å². The molecule has 2 aliphatic rings. The molecule has 0 aromatic heterocycles. The van der Waals surface area contributed by atoms with Gasteiger partial charge >= 0.3 is 12.1 Å². The average Bonchev–Trinajstić information content (AvgIpc) is 3.32. The molecule has 1 N–H and O–H groups in total. The van der Waals surface area contributed by atoms with E-state index in [0.717, 1.165) is 17.5 Å². The maximum absolute atomic E-state index is 13.0. The molecule has 0 spiro atoms. The van der Waals surface area contributed by atoms with E-state index in [2.05, 4.69) is 31.2 Å². The zero-order valence-corrected chi connectivity index (χ0v) is 17.4. The number of amides is 1. The van der Waals surface area contributed by atoms with Gasteiger partial charge in [0.2, 0.25) is 0 Å². The molecule has 0 radical (unpaired) electrons. The van der Waals surface area contributed by atoms with Gasteiger partial charge in [0, 0.05) is 11.7 Å². The largest absolute Gasteiger partial charge is 0.480 e. The zero-order valence-electron chi connectivity index (χ0n) is 16.6. The van der Waals surface area contributed by atoms with Crippen molar-refractivity contribution < 1.29 is 19.4 Å². The van der Waals surface area contributed by atoms with Gasteiger partial charge in [-0.1, -0.05) is 68.8 Å². The van der Waals surface area contributed by atoms with E-state index in [1.165, 1.54) is 27.8 Å². The summed E-state index contributed by atoms with van der Waals surface area (Å²) >= 11 is 1.53. The highest BCUT2D eigenvalue weighted by atomic mass is 32.2. The molecular formula is C23H25NO4S. The minimum absolute atomic E-state index is 0.0352. The van der Waals surface area contributed by atoms with Gasteiger partial charge in [0.15, 0.2) is 0 Å². The monoisotopic (exact) mass is 411 g/mol. The molecule has 1 aliphatic carbocycles. The molecule has 3 unspecified atom stereocenters. The Hall–Kier alpha value is -2.47. The molecule has 1 heterocycles. The number of hydrogen-bond donors (Lipinski definition) is 1. The van der Waals surface area contributed by atoms with Gasteiger partial charge in [-0.05, 0) is 28.2 Å². The first kappa shape index (κ1) is 19.8. The second kappa shape index (κ2) is 8.11. The van der Waals surface area contributed by atoms with Crippen molar-refractivity contribution in [2.75, 3.05) is 12.4 Å². The van der Waals surface area contributed by atoms with Crippen molar-refractivity contribution in [1.82, 2.24) is 4.90 Å². The summed E-state index contributed by atoms with van der Waals surface area (Å²) < 4.78 is 5.74. The molecule has 2 aromatic rings. The maximum atomic E-state index is 13.0. The number of nitrogens with zero attached hydrogens (tertiary/aromatic N) is 1. The van der Waals surface area contributed by atoms with Crippen molar-refractivity contribution in [2.45, 2.75) is 37.6 Å². The van der Waals surface area contributed by atoms with Crippen LogP contribution in [-0.4, -0.2) is 45.8 Å². The number of fused-ring (bicyclic) bond motifs is 3. The van der Waals surface area contributed by atoms with E-state index >= 15 is 0 Å². The van der Waals surface area contributed by atoms with Crippen LogP contribution in [0.4, 0.5) is 4.79 Å². The fraction of sp³-hybridized carbons (Fsp3) is 0.391. The number of aliphatic carboxylic acids is 1. The number of carboxylic acid groups (broad SMARTS) is 1. The van der Waals surface area contributed by atoms with Crippen LogP contribution in [0.3, 0.4) is 0 Å². The molecule has 0 saturated carbocycles. The molecule has 1 amide bonds. The van der Waals surface area contributed by atoms with Gasteiger partial charge in [-0.15, -0.1) is 11.8 Å². The van der Waals surface area contributed by atoms with E-state index in [-0.39, 0.29) is 23.8 Å². The van der Waals surface area contributed by atoms with Crippen molar-refractivity contribution >= 4 is 23.8 Å². The summed E-state index contributed by atoms with van der Waals surface area (Å²) in [5.74, 6) is -0.414. The molecule has 4 rings (SSSR count). The Morgan fingerprint density at radius 2 is 1.72 bits per heavy atom. The summed E-state index contributed by atoms with van der Waals surface area (Å²) in [4.78, 5) is 26.1. The molecule has 3 atom stereocenters. The van der Waals surface area contributed by atoms with E-state index in [0.29, 0.717) is 5.75 Å². The van der Waals surface area contributed by atoms with Gasteiger partial charge in [0.1, 0.15) is 12.6 Å². The Labute approximate surface area is 175 Å². The third kappa shape index (κ3) is 3.50. The van der Waals surface area contributed by atoms with Gasteiger partial charge in [-0.2, -0.15) is 0 Å². The fourth-order valence-corrected chi connectivity index (χ4v) is 5.85. The first-order valence-corrected chi connectivity index (χ1v) is 11.1. The summed E-state index contributed by atoms with van der Waals surface area (Å²) in [5.41, 5.74) is 4.62. The highest BCUT2D eigenvalue weighted by Gasteiger charge is 2.44. The van der Waals surface area contributed by atoms with Gasteiger partial charge in [-0.3, -0.25) is 4.90 Å². The Morgan fingerprint density at radius 3 is 2.28 bits per heavy atom. The molecule has 152 valence electrons. The second-order valence-electron chi connectivity index (χ2n) is 7.67. The zero-order chi connectivity index (χ0) is 20.5. The van der Waals surface area contributed by atoms with Crippen LogP contribution < -0.4 is 0 Å². The predicted octanol–water partition coefficient (Wildman–Crippen LogP) is 4.81. The van der Waals surface area contributed by atoms with Crippen LogP contribution in [0.1, 0.15) is 37.3 Å². The molecule has 6 heteroatoms. The summed E-state index contributed by atoms with van der Waals surface area (Å²) in [7, 11) is 0. The average molecular weight is 412 g/mol. The van der Waals surface area contributed by atoms with E-state index in [4.69, 9.17) is 4.74 Å². The molecule has 1 saturated heterocycles. The summed E-state index contributed by atoms with van der Waals surface area (Å²) in [6, 6.07) is 15.5. The number of thioether (sulfide) groups is 1. The molecular weight excluding hydrogens is 386 g/mol. The standard InChI is InChI=1S/C23H25NO4S/c1-3-14(2)21-24(20(13-29-21)22(25)26)23(27)28-12-19-17-10-6-4-8-15(17)16-9-5-7-11-18(16)19/h4-11,14,19-21H,3,12-13H2,1-2H3,(H,25,26). The van der Waals surface area contributed by atoms with Crippen LogP contribution in [0.25, 0.3) is 11.1 Å². The van der Waals surface area contributed by atoms with Crippen molar-refractivity contribution in [1.29, 1.82) is 0 Å². The summed E-state index contributed by atoms with van der Waals surface area (Å²) in [6.07, 6.45) is 0.339. The predicted molar refractivity (Wildman–Crippen MR) is 114 cm³/mol. The van der Waals surface area contributed by atoms with Crippen LogP contribution in [0.5, 0.6) is 0 Å². The summed E-state index contributed by atoms with van der Waals surface area (Å²) in [5, 5.41) is 9.41. The second-order valence-corrected chi connectivity index (χ2v) is 8.82. The number of ether oxygens (including phenoxy) is 1. The molecule has 5 nitrogen and oxygen atoms in total. The maximum Gasteiger partial charge on any atom is 0.411 e. The quantitative estimate of drug-likeness (QED) is 0.765. The topological polar surface area (TPSA) is 66.8 Å². The van der Waals surface area contributed by atoms with Gasteiger partial charge in [0.25, 0.3) is 0 Å². The lowest BCUT2D eigenvalue weighted by Crippen LogP contribution is -2.47. The number of rotatable bonds is 5. The first-order valence-electron chi connectivity index (χ1n) is 10.0. The van der Waals surface area contributed by atoms with E-state index in [9.17, 15) is 14.7 Å². The normalized spacial score (nSPS) is 21.5. The van der Waals surface area contributed by atoms with E-state index in [1.54, 1.807) is 0 Å². The van der Waals surface area contributed by atoms with Crippen molar-refractivity contribution in [2.24, 2.45) is 5.92 Å². The van der Waals surface area contributed by atoms with Crippen LogP contribution in [0.15, 0.2) is 48.5 Å². The number of carbonyl (C=O) groups is 2. The van der Waals surface area contributed by atoms with Crippen LogP contribution >= 0.6 is 11.8 Å². The Kier molecular flexibility index (Phi) is 5.54. The third-order valence-electron chi connectivity index (χ3n) is 6.00. The minimum atomic E-state index is -0.975. The minimum Gasteiger partial charge on any atom is -0.480 e. The smallest absolute Gasteiger partial charge is 0.411 e. The third-order valence-corrected chi connectivity index (χ3v) is 7.54. The molecule has 1 fully saturated rings. The molecule has 2 aromatic carbocycles. The number of carbonyl (C=O) groups excluding carboxylic acids is 1. The highest BCUT2D eigenvalue weighted by molar-refractivity contribution is 8.00. The Balaban J connectivity index is 1.55. The fourth-order valence-electron chi connectivity index (χ4n) is 4.26. The van der Waals surface area contributed by atoms with E-state index in [1.807, 2.05) is 31.2 Å². The molecule has 1 aliphatic heterocycles. The van der Waals surface area contributed by atoms with Crippen molar-refractivity contribution in [3.8, 4) is 11.1 Å². The lowest BCUT2D eigenvalue weighted by Gasteiger charge is -2.30. The Morgan fingerprint density at radius 1 is 1.14 bits per heavy atom. The number of hydrogen-bond acceptors (Lipinski definition) is 4. The number of benzene rings is 2. The van der Waals surface area contributed by atoms with Gasteiger partial charge in [0.05, 0.1) is 5.37 Å². The molecule has 29 heavy (non-hydrogen) atoms. The molecule has 0 bridgehead atoms. The lowest BCUT2D eigenvalue weighted by molar-refractivity contribution is -0.141. The van der Waals surface area contributed by atoms with Crippen LogP contribution in [-0.2, 0) is 9.53 Å². The first-order chi connectivity index (χ1) is 14.0. The highest BCUT2D eigenvalue weighted by Crippen LogP contribution is 2.45. The SMILES string of the molecule is CCC(C)C1SCC(C(=O)O)N1C(=O)OCC1c2ccccc2-c2ccccc21. The Bertz CT molecular complexity index is 885.